The molecule has 0 aliphatic heterocycles. The van der Waals surface area contributed by atoms with Gasteiger partial charge in [-0.25, -0.2) is 0 Å². The van der Waals surface area contributed by atoms with Crippen LogP contribution >= 0.6 is 0 Å². The van der Waals surface area contributed by atoms with Crippen molar-refractivity contribution < 1.29 is 8.85 Å². The van der Waals surface area contributed by atoms with Crippen molar-refractivity contribution in [1.29, 1.82) is 0 Å². The lowest BCUT2D eigenvalue weighted by Crippen LogP contribution is -2.16. The van der Waals surface area contributed by atoms with Gasteiger partial charge in [-0.15, -0.1) is 0 Å². The van der Waals surface area contributed by atoms with Gasteiger partial charge in [0.25, 0.3) is 0 Å². The zero-order valence-corrected chi connectivity index (χ0v) is 13.6. The molecule has 0 heterocycles. The van der Waals surface area contributed by atoms with E-state index >= 15 is 0 Å². The first-order chi connectivity index (χ1) is 8.33. The Bertz CT molecular complexity index is 280. The molecule has 1 rings (SSSR count). The van der Waals surface area contributed by atoms with E-state index in [-0.39, 0.29) is 9.76 Å². The number of rotatable bonds is 9. The first-order valence-corrected chi connectivity index (χ1v) is 11.1. The third kappa shape index (κ3) is 7.36. The average Bonchev–Trinajstić information content (AvgIpc) is 2.35. The monoisotopic (exact) mass is 268 g/mol. The standard InChI is InChI=1S/C13H24O2Si2/c1-16-14-11-7-4-8-12-17(2)15-13-9-5-3-6-10-13/h3,5-6,9-10,17H,4,7-8,11-12,16H2,1-2H3. The smallest absolute Gasteiger partial charge is 0.232 e. The van der Waals surface area contributed by atoms with E-state index in [2.05, 4.69) is 13.1 Å². The van der Waals surface area contributed by atoms with E-state index in [1.807, 2.05) is 30.3 Å². The van der Waals surface area contributed by atoms with Gasteiger partial charge in [0.05, 0.1) is 0 Å². The molecule has 0 amide bonds. The second kappa shape index (κ2) is 9.44. The normalized spacial score (nSPS) is 13.1. The topological polar surface area (TPSA) is 18.5 Å². The number of benzene rings is 1. The van der Waals surface area contributed by atoms with E-state index in [0.717, 1.165) is 12.4 Å². The Morgan fingerprint density at radius 2 is 1.88 bits per heavy atom. The summed E-state index contributed by atoms with van der Waals surface area (Å²) in [4.78, 5) is 0. The maximum atomic E-state index is 5.96. The SMILES string of the molecule is C[SiH2]OCCCCC[SiH](C)Oc1ccccc1. The fourth-order valence-corrected chi connectivity index (χ4v) is 3.84. The van der Waals surface area contributed by atoms with Crippen LogP contribution < -0.4 is 4.43 Å². The van der Waals surface area contributed by atoms with Gasteiger partial charge >= 0.3 is 0 Å². The maximum absolute atomic E-state index is 5.96. The quantitative estimate of drug-likeness (QED) is 0.506. The molecule has 96 valence electrons. The van der Waals surface area contributed by atoms with E-state index in [9.17, 15) is 0 Å². The second-order valence-electron chi connectivity index (χ2n) is 4.29. The summed E-state index contributed by atoms with van der Waals surface area (Å²) in [5, 5.41) is 0. The molecule has 4 heteroatoms. The lowest BCUT2D eigenvalue weighted by Gasteiger charge is -2.13. The van der Waals surface area contributed by atoms with Crippen molar-refractivity contribution in [2.45, 2.75) is 38.4 Å². The molecule has 0 fully saturated rings. The first-order valence-electron chi connectivity index (χ1n) is 6.62. The van der Waals surface area contributed by atoms with Gasteiger partial charge < -0.3 is 8.85 Å². The van der Waals surface area contributed by atoms with Crippen LogP contribution in [0.5, 0.6) is 5.75 Å². The third-order valence-corrected chi connectivity index (χ3v) is 5.28. The van der Waals surface area contributed by atoms with Gasteiger partial charge in [0.15, 0.2) is 9.76 Å². The minimum atomic E-state index is -1.02. The molecule has 0 N–H and O–H groups in total. The van der Waals surface area contributed by atoms with Crippen LogP contribution in [0.15, 0.2) is 30.3 Å². The highest BCUT2D eigenvalue weighted by Crippen LogP contribution is 2.13. The van der Waals surface area contributed by atoms with Crippen LogP contribution in [0, 0.1) is 0 Å². The van der Waals surface area contributed by atoms with Crippen molar-refractivity contribution in [3.05, 3.63) is 30.3 Å². The van der Waals surface area contributed by atoms with Crippen molar-refractivity contribution in [3.8, 4) is 5.75 Å². The highest BCUT2D eigenvalue weighted by Gasteiger charge is 2.05. The molecule has 0 saturated heterocycles. The molecular formula is C13H24O2Si2. The molecule has 17 heavy (non-hydrogen) atoms. The Labute approximate surface area is 109 Å². The van der Waals surface area contributed by atoms with Crippen LogP contribution in [0.4, 0.5) is 0 Å². The van der Waals surface area contributed by atoms with Crippen molar-refractivity contribution in [1.82, 2.24) is 0 Å². The first kappa shape index (κ1) is 14.5. The van der Waals surface area contributed by atoms with Gasteiger partial charge in [-0.1, -0.05) is 37.6 Å². The van der Waals surface area contributed by atoms with Crippen LogP contribution in [0.3, 0.4) is 0 Å². The van der Waals surface area contributed by atoms with Crippen LogP contribution in [0.25, 0.3) is 0 Å². The Balaban J connectivity index is 2.03. The van der Waals surface area contributed by atoms with Crippen molar-refractivity contribution in [3.63, 3.8) is 0 Å². The molecule has 1 aromatic carbocycles. The Morgan fingerprint density at radius 3 is 2.59 bits per heavy atom. The van der Waals surface area contributed by atoms with E-state index in [1.165, 1.54) is 25.3 Å². The van der Waals surface area contributed by atoms with Gasteiger partial charge in [0, 0.05) is 6.61 Å². The molecule has 0 aromatic heterocycles. The molecule has 0 spiro atoms. The zero-order chi connectivity index (χ0) is 12.3. The van der Waals surface area contributed by atoms with Crippen molar-refractivity contribution >= 4 is 18.8 Å². The summed E-state index contributed by atoms with van der Waals surface area (Å²) < 4.78 is 11.4. The summed E-state index contributed by atoms with van der Waals surface area (Å²) in [6, 6.07) is 11.4. The third-order valence-electron chi connectivity index (χ3n) is 2.68. The second-order valence-corrected chi connectivity index (χ2v) is 7.71. The fourth-order valence-electron chi connectivity index (χ4n) is 1.75. The number of hydrogen-bond acceptors (Lipinski definition) is 2. The van der Waals surface area contributed by atoms with Gasteiger partial charge in [-0.05, 0) is 31.1 Å². The maximum Gasteiger partial charge on any atom is 0.232 e. The summed E-state index contributed by atoms with van der Waals surface area (Å²) in [5.74, 6) is 1.03. The lowest BCUT2D eigenvalue weighted by molar-refractivity contribution is 0.325. The minimum Gasteiger partial charge on any atom is -0.547 e. The lowest BCUT2D eigenvalue weighted by atomic mass is 10.3. The van der Waals surface area contributed by atoms with Crippen LogP contribution in [-0.4, -0.2) is 25.4 Å². The Hall–Kier alpha value is -0.586. The van der Waals surface area contributed by atoms with Gasteiger partial charge in [0.1, 0.15) is 5.75 Å². The molecule has 0 aliphatic rings. The average molecular weight is 269 g/mol. The van der Waals surface area contributed by atoms with Crippen LogP contribution in [-0.2, 0) is 4.43 Å². The summed E-state index contributed by atoms with van der Waals surface area (Å²) >= 11 is 0. The van der Waals surface area contributed by atoms with E-state index in [0.29, 0.717) is 0 Å². The Morgan fingerprint density at radius 1 is 1.12 bits per heavy atom. The summed E-state index contributed by atoms with van der Waals surface area (Å²) in [7, 11) is -1.21. The van der Waals surface area contributed by atoms with Gasteiger partial charge in [-0.2, -0.15) is 0 Å². The highest BCUT2D eigenvalue weighted by molar-refractivity contribution is 6.51. The fraction of sp³-hybridized carbons (Fsp3) is 0.538. The minimum absolute atomic E-state index is 0.191. The molecular weight excluding hydrogens is 244 g/mol. The van der Waals surface area contributed by atoms with Gasteiger partial charge in [-0.3, -0.25) is 0 Å². The number of unbranched alkanes of at least 4 members (excludes halogenated alkanes) is 2. The molecule has 1 unspecified atom stereocenters. The van der Waals surface area contributed by atoms with Gasteiger partial charge in [0.2, 0.25) is 9.04 Å². The predicted molar refractivity (Wildman–Crippen MR) is 79.1 cm³/mol. The van der Waals surface area contributed by atoms with Crippen LogP contribution in [0.2, 0.25) is 19.1 Å². The Kier molecular flexibility index (Phi) is 8.04. The van der Waals surface area contributed by atoms with E-state index in [1.54, 1.807) is 0 Å². The largest absolute Gasteiger partial charge is 0.547 e. The molecule has 0 saturated carbocycles. The van der Waals surface area contributed by atoms with Crippen molar-refractivity contribution in [2.75, 3.05) is 6.61 Å². The molecule has 0 aliphatic carbocycles. The van der Waals surface area contributed by atoms with Crippen molar-refractivity contribution in [2.24, 2.45) is 0 Å². The van der Waals surface area contributed by atoms with E-state index in [4.69, 9.17) is 8.85 Å². The molecule has 1 atom stereocenters. The summed E-state index contributed by atoms with van der Waals surface area (Å²) in [6.07, 6.45) is 3.78. The molecule has 0 radical (unpaired) electrons. The number of hydrogen-bond donors (Lipinski definition) is 0. The summed E-state index contributed by atoms with van der Waals surface area (Å²) in [6.45, 7) is 5.43. The van der Waals surface area contributed by atoms with E-state index < -0.39 is 9.04 Å². The predicted octanol–water partition coefficient (Wildman–Crippen LogP) is 2.74. The highest BCUT2D eigenvalue weighted by atomic mass is 28.3. The molecule has 0 bridgehead atoms. The zero-order valence-electron chi connectivity index (χ0n) is 11.0. The number of para-hydroxylation sites is 1. The summed E-state index contributed by atoms with van der Waals surface area (Å²) in [5.41, 5.74) is 0. The molecule has 2 nitrogen and oxygen atoms in total. The molecule has 1 aromatic rings. The van der Waals surface area contributed by atoms with Crippen LogP contribution in [0.1, 0.15) is 19.3 Å².